The normalized spacial score (nSPS) is 23.2. The highest BCUT2D eigenvalue weighted by Gasteiger charge is 2.26. The first-order valence-electron chi connectivity index (χ1n) is 6.54. The number of methoxy groups -OCH3 is 1. The van der Waals surface area contributed by atoms with Gasteiger partial charge in [-0.25, -0.2) is 0 Å². The van der Waals surface area contributed by atoms with Crippen LogP contribution < -0.4 is 4.74 Å². The summed E-state index contributed by atoms with van der Waals surface area (Å²) >= 11 is 0. The average molecular weight is 234 g/mol. The predicted octanol–water partition coefficient (Wildman–Crippen LogP) is 3.89. The first-order chi connectivity index (χ1) is 8.26. The Morgan fingerprint density at radius 2 is 2.24 bits per heavy atom. The first-order valence-corrected chi connectivity index (χ1v) is 6.54. The average Bonchev–Trinajstić information content (AvgIpc) is 2.37. The summed E-state index contributed by atoms with van der Waals surface area (Å²) in [7, 11) is 1.71. The SMILES string of the molecule is CCCC[C@@H]1OCc2cc(OC)ccc2[C@@H]1C. The van der Waals surface area contributed by atoms with Crippen molar-refractivity contribution in [3.05, 3.63) is 29.3 Å². The van der Waals surface area contributed by atoms with Crippen molar-refractivity contribution in [2.24, 2.45) is 0 Å². The maximum atomic E-state index is 5.96. The zero-order chi connectivity index (χ0) is 12.3. The summed E-state index contributed by atoms with van der Waals surface area (Å²) in [6, 6.07) is 6.35. The Bertz CT molecular complexity index is 373. The Kier molecular flexibility index (Phi) is 4.06. The zero-order valence-electron chi connectivity index (χ0n) is 11.0. The van der Waals surface area contributed by atoms with Gasteiger partial charge < -0.3 is 9.47 Å². The molecular weight excluding hydrogens is 212 g/mol. The number of unbranched alkanes of at least 4 members (excludes halogenated alkanes) is 1. The van der Waals surface area contributed by atoms with Gasteiger partial charge in [-0.2, -0.15) is 0 Å². The van der Waals surface area contributed by atoms with E-state index in [0.29, 0.717) is 12.0 Å². The molecular formula is C15H22O2. The lowest BCUT2D eigenvalue weighted by Gasteiger charge is -2.31. The molecule has 0 spiro atoms. The largest absolute Gasteiger partial charge is 0.497 e. The molecule has 2 rings (SSSR count). The molecule has 0 N–H and O–H groups in total. The van der Waals surface area contributed by atoms with Crippen molar-refractivity contribution in [3.63, 3.8) is 0 Å². The summed E-state index contributed by atoms with van der Waals surface area (Å²) in [5.74, 6) is 1.42. The quantitative estimate of drug-likeness (QED) is 0.787. The Balaban J connectivity index is 2.15. The van der Waals surface area contributed by atoms with Gasteiger partial charge in [-0.1, -0.05) is 32.8 Å². The van der Waals surface area contributed by atoms with Gasteiger partial charge in [0.2, 0.25) is 0 Å². The van der Waals surface area contributed by atoms with E-state index >= 15 is 0 Å². The van der Waals surface area contributed by atoms with Gasteiger partial charge in [0.1, 0.15) is 5.75 Å². The van der Waals surface area contributed by atoms with Gasteiger partial charge in [-0.05, 0) is 29.7 Å². The molecule has 1 aromatic rings. The van der Waals surface area contributed by atoms with Crippen LogP contribution in [0.4, 0.5) is 0 Å². The van der Waals surface area contributed by atoms with E-state index in [1.54, 1.807) is 7.11 Å². The summed E-state index contributed by atoms with van der Waals surface area (Å²) in [6.07, 6.45) is 4.04. The lowest BCUT2D eigenvalue weighted by atomic mass is 9.87. The van der Waals surface area contributed by atoms with E-state index < -0.39 is 0 Å². The van der Waals surface area contributed by atoms with Crippen LogP contribution in [0.15, 0.2) is 18.2 Å². The molecule has 0 unspecified atom stereocenters. The van der Waals surface area contributed by atoms with E-state index in [2.05, 4.69) is 32.0 Å². The van der Waals surface area contributed by atoms with E-state index in [1.165, 1.54) is 30.4 Å². The van der Waals surface area contributed by atoms with Crippen LogP contribution in [-0.4, -0.2) is 13.2 Å². The van der Waals surface area contributed by atoms with E-state index in [1.807, 2.05) is 0 Å². The summed E-state index contributed by atoms with van der Waals surface area (Å²) < 4.78 is 11.2. The molecule has 94 valence electrons. The zero-order valence-corrected chi connectivity index (χ0v) is 11.0. The maximum Gasteiger partial charge on any atom is 0.119 e. The Morgan fingerprint density at radius 3 is 2.94 bits per heavy atom. The molecule has 0 fully saturated rings. The molecule has 2 atom stereocenters. The monoisotopic (exact) mass is 234 g/mol. The van der Waals surface area contributed by atoms with Gasteiger partial charge in [0, 0.05) is 5.92 Å². The third-order valence-corrected chi connectivity index (χ3v) is 3.69. The topological polar surface area (TPSA) is 18.5 Å². The molecule has 1 aliphatic rings. The molecule has 2 heteroatoms. The van der Waals surface area contributed by atoms with Gasteiger partial charge in [0.25, 0.3) is 0 Å². The first kappa shape index (κ1) is 12.4. The third kappa shape index (κ3) is 2.63. The van der Waals surface area contributed by atoms with Crippen LogP contribution in [0.3, 0.4) is 0 Å². The minimum atomic E-state index is 0.385. The van der Waals surface area contributed by atoms with Crippen LogP contribution in [0.1, 0.15) is 50.2 Å². The van der Waals surface area contributed by atoms with Gasteiger partial charge in [-0.3, -0.25) is 0 Å². The molecule has 0 saturated carbocycles. The molecule has 0 bridgehead atoms. The van der Waals surface area contributed by atoms with E-state index in [0.717, 1.165) is 12.4 Å². The second-order valence-electron chi connectivity index (χ2n) is 4.85. The van der Waals surface area contributed by atoms with Crippen LogP contribution in [0.5, 0.6) is 5.75 Å². The number of ether oxygens (including phenoxy) is 2. The fraction of sp³-hybridized carbons (Fsp3) is 0.600. The molecule has 1 aliphatic heterocycles. The molecule has 17 heavy (non-hydrogen) atoms. The van der Waals surface area contributed by atoms with Crippen LogP contribution in [0.25, 0.3) is 0 Å². The summed E-state index contributed by atoms with van der Waals surface area (Å²) in [5, 5.41) is 0. The number of hydrogen-bond donors (Lipinski definition) is 0. The van der Waals surface area contributed by atoms with Crippen LogP contribution in [0, 0.1) is 0 Å². The smallest absolute Gasteiger partial charge is 0.119 e. The fourth-order valence-electron chi connectivity index (χ4n) is 2.56. The van der Waals surface area contributed by atoms with Gasteiger partial charge in [0.05, 0.1) is 19.8 Å². The van der Waals surface area contributed by atoms with Gasteiger partial charge >= 0.3 is 0 Å². The van der Waals surface area contributed by atoms with E-state index in [9.17, 15) is 0 Å². The fourth-order valence-corrected chi connectivity index (χ4v) is 2.56. The number of hydrogen-bond acceptors (Lipinski definition) is 2. The molecule has 0 amide bonds. The van der Waals surface area contributed by atoms with E-state index in [4.69, 9.17) is 9.47 Å². The lowest BCUT2D eigenvalue weighted by molar-refractivity contribution is 0.00516. The molecule has 0 aromatic heterocycles. The van der Waals surface area contributed by atoms with Gasteiger partial charge in [-0.15, -0.1) is 0 Å². The number of fused-ring (bicyclic) bond motifs is 1. The lowest BCUT2D eigenvalue weighted by Crippen LogP contribution is -2.26. The Labute approximate surface area is 104 Å². The van der Waals surface area contributed by atoms with Crippen LogP contribution >= 0.6 is 0 Å². The van der Waals surface area contributed by atoms with Gasteiger partial charge in [0.15, 0.2) is 0 Å². The second-order valence-corrected chi connectivity index (χ2v) is 4.85. The number of benzene rings is 1. The molecule has 1 heterocycles. The molecule has 2 nitrogen and oxygen atoms in total. The summed E-state index contributed by atoms with van der Waals surface area (Å²) in [5.41, 5.74) is 2.71. The van der Waals surface area contributed by atoms with Crippen molar-refractivity contribution >= 4 is 0 Å². The van der Waals surface area contributed by atoms with Crippen LogP contribution in [-0.2, 0) is 11.3 Å². The van der Waals surface area contributed by atoms with Crippen molar-refractivity contribution in [2.45, 2.75) is 51.7 Å². The summed E-state index contributed by atoms with van der Waals surface area (Å²) in [6.45, 7) is 5.22. The molecule has 0 saturated heterocycles. The van der Waals surface area contributed by atoms with Crippen LogP contribution in [0.2, 0.25) is 0 Å². The second kappa shape index (κ2) is 5.54. The van der Waals surface area contributed by atoms with Crippen molar-refractivity contribution < 1.29 is 9.47 Å². The molecule has 0 radical (unpaired) electrons. The Hall–Kier alpha value is -1.02. The van der Waals surface area contributed by atoms with E-state index in [-0.39, 0.29) is 0 Å². The minimum Gasteiger partial charge on any atom is -0.497 e. The van der Waals surface area contributed by atoms with Crippen molar-refractivity contribution in [1.29, 1.82) is 0 Å². The highest BCUT2D eigenvalue weighted by molar-refractivity contribution is 5.38. The molecule has 1 aromatic carbocycles. The minimum absolute atomic E-state index is 0.385. The van der Waals surface area contributed by atoms with Crippen molar-refractivity contribution in [3.8, 4) is 5.75 Å². The standard InChI is InChI=1S/C15H22O2/c1-4-5-6-15-11(2)14-8-7-13(16-3)9-12(14)10-17-15/h7-9,11,15H,4-6,10H2,1-3H3/t11-,15-/m0/s1. The molecule has 0 aliphatic carbocycles. The van der Waals surface area contributed by atoms with Crippen molar-refractivity contribution in [1.82, 2.24) is 0 Å². The van der Waals surface area contributed by atoms with Crippen molar-refractivity contribution in [2.75, 3.05) is 7.11 Å². The summed E-state index contributed by atoms with van der Waals surface area (Å²) in [4.78, 5) is 0. The highest BCUT2D eigenvalue weighted by atomic mass is 16.5. The predicted molar refractivity (Wildman–Crippen MR) is 69.5 cm³/mol. The highest BCUT2D eigenvalue weighted by Crippen LogP contribution is 2.35. The third-order valence-electron chi connectivity index (χ3n) is 3.69. The maximum absolute atomic E-state index is 5.96. The Morgan fingerprint density at radius 1 is 1.41 bits per heavy atom. The number of rotatable bonds is 4.